The zero-order valence-electron chi connectivity index (χ0n) is 9.21. The van der Waals surface area contributed by atoms with E-state index in [0.717, 1.165) is 30.5 Å². The minimum atomic E-state index is 1.02. The molecule has 0 unspecified atom stereocenters. The van der Waals surface area contributed by atoms with Gasteiger partial charge in [-0.15, -0.1) is 11.3 Å². The van der Waals surface area contributed by atoms with E-state index in [0.29, 0.717) is 0 Å². The molecule has 0 spiro atoms. The van der Waals surface area contributed by atoms with Crippen molar-refractivity contribution in [3.05, 3.63) is 11.1 Å². The van der Waals surface area contributed by atoms with Crippen molar-refractivity contribution in [3.63, 3.8) is 0 Å². The van der Waals surface area contributed by atoms with Gasteiger partial charge in [0.05, 0.1) is 5.69 Å². The zero-order valence-corrected chi connectivity index (χ0v) is 10.0. The lowest BCUT2D eigenvalue weighted by Crippen LogP contribution is -2.29. The van der Waals surface area contributed by atoms with Crippen LogP contribution in [0.1, 0.15) is 19.0 Å². The van der Waals surface area contributed by atoms with Gasteiger partial charge in [-0.1, -0.05) is 6.92 Å². The maximum atomic E-state index is 4.43. The zero-order chi connectivity index (χ0) is 10.4. The van der Waals surface area contributed by atoms with Crippen LogP contribution in [0, 0.1) is 6.92 Å². The van der Waals surface area contributed by atoms with E-state index in [1.54, 1.807) is 11.3 Å². The van der Waals surface area contributed by atoms with E-state index in [2.05, 4.69) is 34.6 Å². The highest BCUT2D eigenvalue weighted by atomic mass is 32.1. The van der Waals surface area contributed by atoms with Gasteiger partial charge in [-0.2, -0.15) is 0 Å². The van der Waals surface area contributed by atoms with E-state index in [1.807, 2.05) is 6.92 Å². The number of aryl methyl sites for hydroxylation is 1. The molecule has 0 aromatic carbocycles. The normalized spacial score (nSPS) is 10.5. The molecule has 1 rings (SSSR count). The summed E-state index contributed by atoms with van der Waals surface area (Å²) in [5, 5.41) is 6.58. The van der Waals surface area contributed by atoms with Crippen molar-refractivity contribution < 1.29 is 0 Å². The molecule has 1 heterocycles. The molecule has 80 valence electrons. The molecule has 3 nitrogen and oxygen atoms in total. The van der Waals surface area contributed by atoms with E-state index >= 15 is 0 Å². The molecule has 0 saturated carbocycles. The number of hydrogen-bond donors (Lipinski definition) is 1. The Morgan fingerprint density at radius 1 is 1.50 bits per heavy atom. The Balaban J connectivity index is 2.25. The van der Waals surface area contributed by atoms with Crippen molar-refractivity contribution in [3.8, 4) is 0 Å². The summed E-state index contributed by atoms with van der Waals surface area (Å²) in [7, 11) is 2.09. The summed E-state index contributed by atoms with van der Waals surface area (Å²) >= 11 is 1.71. The number of nitrogens with one attached hydrogen (secondary N) is 1. The lowest BCUT2D eigenvalue weighted by Gasteiger charge is -2.15. The number of thiazole rings is 1. The molecule has 0 aliphatic heterocycles. The molecule has 1 aromatic heterocycles. The maximum Gasteiger partial charge on any atom is 0.185 e. The van der Waals surface area contributed by atoms with Gasteiger partial charge in [-0.05, 0) is 19.9 Å². The van der Waals surface area contributed by atoms with Crippen molar-refractivity contribution in [1.29, 1.82) is 0 Å². The molecular formula is C10H19N3S. The predicted molar refractivity (Wildman–Crippen MR) is 63.3 cm³/mol. The second kappa shape index (κ2) is 5.98. The number of anilines is 1. The molecule has 0 aliphatic rings. The third-order valence-corrected chi connectivity index (χ3v) is 3.06. The van der Waals surface area contributed by atoms with E-state index in [-0.39, 0.29) is 0 Å². The first kappa shape index (κ1) is 11.5. The fraction of sp³-hybridized carbons (Fsp3) is 0.700. The van der Waals surface area contributed by atoms with Gasteiger partial charge in [0, 0.05) is 25.5 Å². The van der Waals surface area contributed by atoms with Crippen LogP contribution in [-0.2, 0) is 0 Å². The Kier molecular flexibility index (Phi) is 4.90. The summed E-state index contributed by atoms with van der Waals surface area (Å²) in [6.45, 7) is 7.37. The summed E-state index contributed by atoms with van der Waals surface area (Å²) in [5.74, 6) is 0. The van der Waals surface area contributed by atoms with Crippen LogP contribution < -0.4 is 10.2 Å². The molecule has 14 heavy (non-hydrogen) atoms. The average Bonchev–Trinajstić information content (AvgIpc) is 2.59. The summed E-state index contributed by atoms with van der Waals surface area (Å²) < 4.78 is 0. The fourth-order valence-electron chi connectivity index (χ4n) is 1.16. The third-order valence-electron chi connectivity index (χ3n) is 1.98. The molecule has 0 saturated heterocycles. The van der Waals surface area contributed by atoms with Crippen molar-refractivity contribution >= 4 is 16.5 Å². The van der Waals surface area contributed by atoms with Crippen LogP contribution >= 0.6 is 11.3 Å². The second-order valence-corrected chi connectivity index (χ2v) is 4.28. The summed E-state index contributed by atoms with van der Waals surface area (Å²) in [6.07, 6.45) is 1.19. The molecule has 4 heteroatoms. The largest absolute Gasteiger partial charge is 0.350 e. The van der Waals surface area contributed by atoms with Crippen LogP contribution in [0.5, 0.6) is 0 Å². The molecule has 0 atom stereocenters. The molecule has 0 amide bonds. The average molecular weight is 213 g/mol. The third kappa shape index (κ3) is 3.64. The molecule has 1 aromatic rings. The smallest absolute Gasteiger partial charge is 0.185 e. The van der Waals surface area contributed by atoms with Gasteiger partial charge in [-0.3, -0.25) is 0 Å². The van der Waals surface area contributed by atoms with E-state index in [1.165, 1.54) is 6.42 Å². The van der Waals surface area contributed by atoms with Gasteiger partial charge < -0.3 is 10.2 Å². The topological polar surface area (TPSA) is 28.2 Å². The van der Waals surface area contributed by atoms with Crippen LogP contribution in [0.25, 0.3) is 0 Å². The van der Waals surface area contributed by atoms with Crippen LogP contribution in [0.4, 0.5) is 5.13 Å². The maximum absolute atomic E-state index is 4.43. The van der Waals surface area contributed by atoms with E-state index in [4.69, 9.17) is 0 Å². The Morgan fingerprint density at radius 3 is 2.86 bits per heavy atom. The van der Waals surface area contributed by atoms with Gasteiger partial charge >= 0.3 is 0 Å². The van der Waals surface area contributed by atoms with E-state index < -0.39 is 0 Å². The van der Waals surface area contributed by atoms with Crippen LogP contribution in [0.3, 0.4) is 0 Å². The Bertz CT molecular complexity index is 260. The molecule has 0 fully saturated rings. The highest BCUT2D eigenvalue weighted by Gasteiger charge is 2.03. The summed E-state index contributed by atoms with van der Waals surface area (Å²) in [5.41, 5.74) is 1.11. The number of aromatic nitrogens is 1. The number of hydrogen-bond acceptors (Lipinski definition) is 4. The lowest BCUT2D eigenvalue weighted by atomic mass is 10.4. The van der Waals surface area contributed by atoms with E-state index in [9.17, 15) is 0 Å². The predicted octanol–water partition coefficient (Wildman–Crippen LogP) is 1.89. The number of likely N-dealkylation sites (N-methyl/N-ethyl adjacent to an activating group) is 1. The molecule has 0 bridgehead atoms. The quantitative estimate of drug-likeness (QED) is 0.731. The monoisotopic (exact) mass is 213 g/mol. The Labute approximate surface area is 90.2 Å². The first-order chi connectivity index (χ1) is 6.74. The first-order valence-electron chi connectivity index (χ1n) is 5.08. The Morgan fingerprint density at radius 2 is 2.29 bits per heavy atom. The van der Waals surface area contributed by atoms with Crippen LogP contribution in [-0.4, -0.2) is 31.7 Å². The molecule has 1 N–H and O–H groups in total. The van der Waals surface area contributed by atoms with Gasteiger partial charge in [0.25, 0.3) is 0 Å². The standard InChI is InChI=1S/C10H19N3S/c1-4-5-11-6-7-13(3)10-12-9(2)8-14-10/h8,11H,4-7H2,1-3H3. The van der Waals surface area contributed by atoms with Gasteiger partial charge in [0.1, 0.15) is 0 Å². The van der Waals surface area contributed by atoms with Crippen molar-refractivity contribution in [2.24, 2.45) is 0 Å². The SMILES string of the molecule is CCCNCCN(C)c1nc(C)cs1. The Hall–Kier alpha value is -0.610. The van der Waals surface area contributed by atoms with Crippen LogP contribution in [0.2, 0.25) is 0 Å². The molecule has 0 radical (unpaired) electrons. The lowest BCUT2D eigenvalue weighted by molar-refractivity contribution is 0.665. The second-order valence-electron chi connectivity index (χ2n) is 3.44. The van der Waals surface area contributed by atoms with Crippen molar-refractivity contribution in [2.45, 2.75) is 20.3 Å². The summed E-state index contributed by atoms with van der Waals surface area (Å²) in [6, 6.07) is 0. The van der Waals surface area contributed by atoms with Crippen molar-refractivity contribution in [2.75, 3.05) is 31.6 Å². The highest BCUT2D eigenvalue weighted by molar-refractivity contribution is 7.13. The minimum absolute atomic E-state index is 1.02. The van der Waals surface area contributed by atoms with Gasteiger partial charge in [0.2, 0.25) is 0 Å². The summed E-state index contributed by atoms with van der Waals surface area (Å²) in [4.78, 5) is 6.62. The number of rotatable bonds is 6. The minimum Gasteiger partial charge on any atom is -0.350 e. The molecule has 0 aliphatic carbocycles. The van der Waals surface area contributed by atoms with Gasteiger partial charge in [-0.25, -0.2) is 4.98 Å². The number of nitrogens with zero attached hydrogens (tertiary/aromatic N) is 2. The highest BCUT2D eigenvalue weighted by Crippen LogP contribution is 2.17. The van der Waals surface area contributed by atoms with Crippen LogP contribution in [0.15, 0.2) is 5.38 Å². The fourth-order valence-corrected chi connectivity index (χ4v) is 1.96. The first-order valence-corrected chi connectivity index (χ1v) is 5.96. The van der Waals surface area contributed by atoms with Crippen molar-refractivity contribution in [1.82, 2.24) is 10.3 Å². The molecular weight excluding hydrogens is 194 g/mol. The van der Waals surface area contributed by atoms with Gasteiger partial charge in [0.15, 0.2) is 5.13 Å².